The number of nitrogens with two attached hydrogens (primary N) is 1. The molecule has 188 valence electrons. The lowest BCUT2D eigenvalue weighted by Gasteiger charge is -2.36. The largest absolute Gasteiger partial charge is 0.383 e. The molecule has 0 aromatic rings. The van der Waals surface area contributed by atoms with Gasteiger partial charge in [-0.1, -0.05) is 149 Å². The van der Waals surface area contributed by atoms with Crippen molar-refractivity contribution >= 4 is 0 Å². The Labute approximate surface area is 194 Å². The molecule has 0 saturated heterocycles. The summed E-state index contributed by atoms with van der Waals surface area (Å²) in [5, 5.41) is 29.6. The second-order valence-corrected chi connectivity index (χ2v) is 9.98. The van der Waals surface area contributed by atoms with Gasteiger partial charge in [-0.25, -0.2) is 0 Å². The van der Waals surface area contributed by atoms with Gasteiger partial charge in [0.1, 0.15) is 5.60 Å². The summed E-state index contributed by atoms with van der Waals surface area (Å²) in [4.78, 5) is 0. The van der Waals surface area contributed by atoms with E-state index in [2.05, 4.69) is 6.92 Å². The Morgan fingerprint density at radius 1 is 0.419 bits per heavy atom. The van der Waals surface area contributed by atoms with Gasteiger partial charge in [-0.15, -0.1) is 0 Å². The zero-order chi connectivity index (χ0) is 23.3. The van der Waals surface area contributed by atoms with E-state index in [-0.39, 0.29) is 0 Å². The monoisotopic (exact) mass is 443 g/mol. The van der Waals surface area contributed by atoms with E-state index in [4.69, 9.17) is 5.73 Å². The first-order chi connectivity index (χ1) is 14.9. The standard InChI is InChI=1S/C27H57NO3/c1-3-5-6-7-8-9-10-11-12-13-14-15-16-17-18-19-20-21-22-23-25-26(29,24-4-2)27(28,30)31/h29-31H,3-25,28H2,1-2H3. The zero-order valence-corrected chi connectivity index (χ0v) is 21.2. The van der Waals surface area contributed by atoms with Gasteiger partial charge in [0.05, 0.1) is 0 Å². The molecule has 5 N–H and O–H groups in total. The van der Waals surface area contributed by atoms with E-state index in [1.165, 1.54) is 109 Å². The minimum atomic E-state index is -2.50. The van der Waals surface area contributed by atoms with Gasteiger partial charge in [0.25, 0.3) is 0 Å². The Bertz CT molecular complexity index is 370. The van der Waals surface area contributed by atoms with Crippen LogP contribution in [-0.2, 0) is 0 Å². The molecule has 0 saturated carbocycles. The van der Waals surface area contributed by atoms with Crippen molar-refractivity contribution in [3.05, 3.63) is 0 Å². The zero-order valence-electron chi connectivity index (χ0n) is 21.2. The number of hydrogen-bond acceptors (Lipinski definition) is 4. The molecule has 0 radical (unpaired) electrons. The number of rotatable bonds is 24. The molecule has 1 atom stereocenters. The molecule has 0 fully saturated rings. The summed E-state index contributed by atoms with van der Waals surface area (Å²) in [6, 6.07) is 0. The van der Waals surface area contributed by atoms with Crippen LogP contribution in [-0.4, -0.2) is 26.8 Å². The van der Waals surface area contributed by atoms with Crippen LogP contribution in [0.25, 0.3) is 0 Å². The first kappa shape index (κ1) is 30.8. The smallest absolute Gasteiger partial charge is 0.250 e. The third kappa shape index (κ3) is 18.0. The van der Waals surface area contributed by atoms with E-state index >= 15 is 0 Å². The maximum absolute atomic E-state index is 10.4. The fourth-order valence-corrected chi connectivity index (χ4v) is 4.58. The van der Waals surface area contributed by atoms with Crippen molar-refractivity contribution < 1.29 is 15.3 Å². The van der Waals surface area contributed by atoms with Crippen molar-refractivity contribution in [2.45, 2.75) is 173 Å². The van der Waals surface area contributed by atoms with Crippen molar-refractivity contribution in [2.24, 2.45) is 5.73 Å². The maximum Gasteiger partial charge on any atom is 0.250 e. The van der Waals surface area contributed by atoms with Crippen molar-refractivity contribution in [1.82, 2.24) is 0 Å². The lowest BCUT2D eigenvalue weighted by atomic mass is 9.87. The second-order valence-electron chi connectivity index (χ2n) is 9.98. The Morgan fingerprint density at radius 2 is 0.710 bits per heavy atom. The summed E-state index contributed by atoms with van der Waals surface area (Å²) in [5.74, 6) is -2.50. The number of unbranched alkanes of at least 4 members (excludes halogenated alkanes) is 19. The molecule has 4 nitrogen and oxygen atoms in total. The van der Waals surface area contributed by atoms with E-state index in [1.807, 2.05) is 6.92 Å². The molecule has 0 amide bonds. The average molecular weight is 444 g/mol. The molecule has 0 aromatic carbocycles. The summed E-state index contributed by atoms with van der Waals surface area (Å²) < 4.78 is 0. The molecular formula is C27H57NO3. The van der Waals surface area contributed by atoms with Crippen LogP contribution in [0.2, 0.25) is 0 Å². The maximum atomic E-state index is 10.4. The van der Waals surface area contributed by atoms with Crippen LogP contribution in [0, 0.1) is 0 Å². The average Bonchev–Trinajstić information content (AvgIpc) is 2.71. The molecule has 0 aromatic heterocycles. The van der Waals surface area contributed by atoms with E-state index in [0.717, 1.165) is 19.3 Å². The van der Waals surface area contributed by atoms with Crippen LogP contribution in [0.3, 0.4) is 0 Å². The predicted molar refractivity (Wildman–Crippen MR) is 134 cm³/mol. The van der Waals surface area contributed by atoms with Gasteiger partial charge in [-0.2, -0.15) is 0 Å². The Balaban J connectivity index is 3.32. The molecule has 0 bridgehead atoms. The molecule has 0 aliphatic heterocycles. The number of aliphatic hydroxyl groups is 3. The van der Waals surface area contributed by atoms with E-state index in [1.54, 1.807) is 0 Å². The van der Waals surface area contributed by atoms with Crippen molar-refractivity contribution in [3.8, 4) is 0 Å². The minimum absolute atomic E-state index is 0.315. The predicted octanol–water partition coefficient (Wildman–Crippen LogP) is 7.33. The highest BCUT2D eigenvalue weighted by atomic mass is 16.5. The summed E-state index contributed by atoms with van der Waals surface area (Å²) in [7, 11) is 0. The van der Waals surface area contributed by atoms with Crippen LogP contribution in [0.1, 0.15) is 162 Å². The highest BCUT2D eigenvalue weighted by Crippen LogP contribution is 2.28. The van der Waals surface area contributed by atoms with E-state index < -0.39 is 11.5 Å². The second kappa shape index (κ2) is 20.4. The molecule has 0 aliphatic carbocycles. The first-order valence-corrected chi connectivity index (χ1v) is 13.8. The summed E-state index contributed by atoms with van der Waals surface area (Å²) in [5.41, 5.74) is 3.76. The number of hydrogen-bond donors (Lipinski definition) is 4. The third-order valence-corrected chi connectivity index (χ3v) is 6.79. The first-order valence-electron chi connectivity index (χ1n) is 13.8. The molecule has 0 rings (SSSR count). The molecule has 0 heterocycles. The van der Waals surface area contributed by atoms with Gasteiger partial charge >= 0.3 is 0 Å². The summed E-state index contributed by atoms with van der Waals surface area (Å²) in [6.07, 6.45) is 28.0. The summed E-state index contributed by atoms with van der Waals surface area (Å²) in [6.45, 7) is 4.19. The molecule has 1 unspecified atom stereocenters. The van der Waals surface area contributed by atoms with Crippen molar-refractivity contribution in [1.29, 1.82) is 0 Å². The SMILES string of the molecule is CCCCCCCCCCCCCCCCCCCCCCC(O)(CCC)C(N)(O)O. The van der Waals surface area contributed by atoms with Crippen LogP contribution in [0.4, 0.5) is 0 Å². The van der Waals surface area contributed by atoms with Crippen LogP contribution >= 0.6 is 0 Å². The Hall–Kier alpha value is -0.160. The van der Waals surface area contributed by atoms with Crippen molar-refractivity contribution in [3.63, 3.8) is 0 Å². The fraction of sp³-hybridized carbons (Fsp3) is 1.00. The lowest BCUT2D eigenvalue weighted by molar-refractivity contribution is -0.276. The quantitative estimate of drug-likeness (QED) is 0.0929. The molecule has 31 heavy (non-hydrogen) atoms. The fourth-order valence-electron chi connectivity index (χ4n) is 4.58. The van der Waals surface area contributed by atoms with E-state index in [0.29, 0.717) is 19.3 Å². The van der Waals surface area contributed by atoms with E-state index in [9.17, 15) is 15.3 Å². The molecule has 0 spiro atoms. The molecule has 0 aliphatic rings. The van der Waals surface area contributed by atoms with Crippen LogP contribution in [0.5, 0.6) is 0 Å². The minimum Gasteiger partial charge on any atom is -0.383 e. The topological polar surface area (TPSA) is 86.7 Å². The normalized spacial score (nSPS) is 14.1. The van der Waals surface area contributed by atoms with Gasteiger partial charge in [0.2, 0.25) is 5.91 Å². The lowest BCUT2D eigenvalue weighted by Crippen LogP contribution is -2.60. The van der Waals surface area contributed by atoms with Gasteiger partial charge < -0.3 is 15.3 Å². The van der Waals surface area contributed by atoms with Gasteiger partial charge in [0, 0.05) is 0 Å². The molecular weight excluding hydrogens is 386 g/mol. The summed E-state index contributed by atoms with van der Waals surface area (Å²) >= 11 is 0. The molecule has 4 heteroatoms. The van der Waals surface area contributed by atoms with Crippen LogP contribution in [0.15, 0.2) is 0 Å². The van der Waals surface area contributed by atoms with Gasteiger partial charge in [-0.05, 0) is 12.8 Å². The van der Waals surface area contributed by atoms with Crippen molar-refractivity contribution in [2.75, 3.05) is 0 Å². The highest BCUT2D eigenvalue weighted by Gasteiger charge is 2.44. The van der Waals surface area contributed by atoms with Gasteiger partial charge in [0.15, 0.2) is 0 Å². The Morgan fingerprint density at radius 3 is 0.968 bits per heavy atom. The highest BCUT2D eigenvalue weighted by molar-refractivity contribution is 4.87. The van der Waals surface area contributed by atoms with Crippen LogP contribution < -0.4 is 5.73 Å². The Kier molecular flexibility index (Phi) is 20.3. The third-order valence-electron chi connectivity index (χ3n) is 6.79. The van der Waals surface area contributed by atoms with Gasteiger partial charge in [-0.3, -0.25) is 5.73 Å².